The van der Waals surface area contributed by atoms with E-state index in [0.29, 0.717) is 0 Å². The molecular weight excluding hydrogens is 397 g/mol. The highest BCUT2D eigenvalue weighted by Crippen LogP contribution is 2.37. The average molecular weight is 410 g/mol. The van der Waals surface area contributed by atoms with E-state index in [-0.39, 0.29) is 6.04 Å². The Morgan fingerprint density at radius 2 is 2.00 bits per heavy atom. The molecule has 0 saturated heterocycles. The minimum atomic E-state index is 0.101. The van der Waals surface area contributed by atoms with Crippen LogP contribution < -0.4 is 5.32 Å². The second-order valence-electron chi connectivity index (χ2n) is 3.98. The molecule has 0 fully saturated rings. The van der Waals surface area contributed by atoms with Gasteiger partial charge in [-0.3, -0.25) is 0 Å². The predicted octanol–water partition coefficient (Wildman–Crippen LogP) is 5.54. The average Bonchev–Trinajstić information content (AvgIpc) is 2.73. The van der Waals surface area contributed by atoms with E-state index in [1.807, 2.05) is 18.5 Å². The molecule has 1 nitrogen and oxygen atoms in total. The van der Waals surface area contributed by atoms with Gasteiger partial charge in [-0.25, -0.2) is 0 Å². The summed E-state index contributed by atoms with van der Waals surface area (Å²) >= 11 is 15.1. The summed E-state index contributed by atoms with van der Waals surface area (Å²) in [6, 6.07) is 6.29. The molecule has 0 aliphatic heterocycles. The van der Waals surface area contributed by atoms with Crippen LogP contribution in [0.25, 0.3) is 0 Å². The lowest BCUT2D eigenvalue weighted by molar-refractivity contribution is 0.700. The molecule has 0 aliphatic rings. The van der Waals surface area contributed by atoms with Crippen molar-refractivity contribution < 1.29 is 0 Å². The highest BCUT2D eigenvalue weighted by molar-refractivity contribution is 9.11. The molecule has 2 aromatic rings. The molecule has 1 N–H and O–H groups in total. The Balaban J connectivity index is 2.52. The van der Waals surface area contributed by atoms with Crippen LogP contribution in [0.1, 0.15) is 22.0 Å². The lowest BCUT2D eigenvalue weighted by Gasteiger charge is -2.18. The monoisotopic (exact) mass is 407 g/mol. The number of hydrogen-bond acceptors (Lipinski definition) is 2. The molecule has 0 aliphatic carbocycles. The Morgan fingerprint density at radius 3 is 2.56 bits per heavy atom. The molecule has 5 heteroatoms. The van der Waals surface area contributed by atoms with E-state index in [0.717, 1.165) is 18.8 Å². The van der Waals surface area contributed by atoms with Crippen LogP contribution in [0.15, 0.2) is 32.5 Å². The van der Waals surface area contributed by atoms with E-state index in [2.05, 4.69) is 56.2 Å². The molecule has 0 saturated carbocycles. The van der Waals surface area contributed by atoms with Crippen LogP contribution in [0.2, 0.25) is 5.02 Å². The summed E-state index contributed by atoms with van der Waals surface area (Å²) < 4.78 is 2.20. The molecular formula is C13H12Br2ClNS. The van der Waals surface area contributed by atoms with Gasteiger partial charge in [-0.05, 0) is 48.7 Å². The van der Waals surface area contributed by atoms with Gasteiger partial charge in [-0.2, -0.15) is 0 Å². The Labute approximate surface area is 133 Å². The number of halogens is 3. The fraction of sp³-hybridized carbons (Fsp3) is 0.231. The van der Waals surface area contributed by atoms with E-state index in [9.17, 15) is 0 Å². The van der Waals surface area contributed by atoms with Gasteiger partial charge in [0.15, 0.2) is 0 Å². The molecule has 1 aromatic carbocycles. The molecule has 0 radical (unpaired) electrons. The highest BCUT2D eigenvalue weighted by Gasteiger charge is 2.19. The third-order valence-corrected chi connectivity index (χ3v) is 5.75. The number of benzene rings is 1. The van der Waals surface area contributed by atoms with Crippen LogP contribution in [0.5, 0.6) is 0 Å². The second-order valence-corrected chi connectivity index (χ2v) is 7.04. The van der Waals surface area contributed by atoms with E-state index in [1.54, 1.807) is 11.3 Å². The van der Waals surface area contributed by atoms with Crippen molar-refractivity contribution in [3.8, 4) is 0 Å². The Kier molecular flexibility index (Phi) is 4.89. The molecule has 1 aromatic heterocycles. The summed E-state index contributed by atoms with van der Waals surface area (Å²) in [5.41, 5.74) is 2.39. The first kappa shape index (κ1) is 14.5. The van der Waals surface area contributed by atoms with Gasteiger partial charge in [-0.15, -0.1) is 11.3 Å². The summed E-state index contributed by atoms with van der Waals surface area (Å²) in [5.74, 6) is 0. The van der Waals surface area contributed by atoms with Crippen molar-refractivity contribution in [1.29, 1.82) is 0 Å². The van der Waals surface area contributed by atoms with E-state index >= 15 is 0 Å². The van der Waals surface area contributed by atoms with Crippen LogP contribution in [-0.4, -0.2) is 7.05 Å². The molecule has 1 atom stereocenters. The third kappa shape index (κ3) is 2.83. The number of rotatable bonds is 3. The van der Waals surface area contributed by atoms with Gasteiger partial charge in [0.1, 0.15) is 0 Å². The lowest BCUT2D eigenvalue weighted by atomic mass is 10.0. The highest BCUT2D eigenvalue weighted by atomic mass is 79.9. The van der Waals surface area contributed by atoms with Crippen molar-refractivity contribution in [1.82, 2.24) is 5.32 Å². The van der Waals surface area contributed by atoms with E-state index < -0.39 is 0 Å². The quantitative estimate of drug-likeness (QED) is 0.701. The van der Waals surface area contributed by atoms with Gasteiger partial charge in [-0.1, -0.05) is 43.5 Å². The summed E-state index contributed by atoms with van der Waals surface area (Å²) in [6.45, 7) is 2.07. The smallest absolute Gasteiger partial charge is 0.0695 e. The maximum Gasteiger partial charge on any atom is 0.0695 e. The summed E-state index contributed by atoms with van der Waals surface area (Å²) in [5, 5.41) is 6.15. The first-order valence-corrected chi connectivity index (χ1v) is 8.24. The van der Waals surface area contributed by atoms with Crippen molar-refractivity contribution in [2.24, 2.45) is 0 Å². The van der Waals surface area contributed by atoms with Crippen LogP contribution in [-0.2, 0) is 0 Å². The zero-order valence-electron chi connectivity index (χ0n) is 9.93. The van der Waals surface area contributed by atoms with Gasteiger partial charge in [0.2, 0.25) is 0 Å². The number of thiophene rings is 1. The zero-order valence-corrected chi connectivity index (χ0v) is 14.7. The van der Waals surface area contributed by atoms with Crippen LogP contribution in [0, 0.1) is 6.92 Å². The van der Waals surface area contributed by atoms with Crippen LogP contribution in [0.4, 0.5) is 0 Å². The minimum absolute atomic E-state index is 0.101. The Hall–Kier alpha value is 0.130. The maximum atomic E-state index is 6.23. The molecule has 0 bridgehead atoms. The van der Waals surface area contributed by atoms with Gasteiger partial charge < -0.3 is 5.32 Å². The fourth-order valence-corrected chi connectivity index (χ4v) is 4.16. The molecule has 0 spiro atoms. The summed E-state index contributed by atoms with van der Waals surface area (Å²) in [6.07, 6.45) is 0. The zero-order chi connectivity index (χ0) is 13.3. The van der Waals surface area contributed by atoms with Gasteiger partial charge in [0, 0.05) is 13.8 Å². The molecule has 2 rings (SSSR count). The first-order valence-electron chi connectivity index (χ1n) is 5.40. The molecule has 1 heterocycles. The third-order valence-electron chi connectivity index (χ3n) is 2.78. The largest absolute Gasteiger partial charge is 0.309 e. The molecule has 1 unspecified atom stereocenters. The lowest BCUT2D eigenvalue weighted by Crippen LogP contribution is -2.17. The topological polar surface area (TPSA) is 12.0 Å². The Bertz CT molecular complexity index is 568. The van der Waals surface area contributed by atoms with Crippen molar-refractivity contribution in [3.63, 3.8) is 0 Å². The summed E-state index contributed by atoms with van der Waals surface area (Å²) in [7, 11) is 1.95. The molecule has 18 heavy (non-hydrogen) atoms. The number of aryl methyl sites for hydroxylation is 1. The predicted molar refractivity (Wildman–Crippen MR) is 86.8 cm³/mol. The first-order chi connectivity index (χ1) is 8.54. The van der Waals surface area contributed by atoms with Gasteiger partial charge >= 0.3 is 0 Å². The minimum Gasteiger partial charge on any atom is -0.309 e. The summed E-state index contributed by atoms with van der Waals surface area (Å²) in [4.78, 5) is 1.13. The number of hydrogen-bond donors (Lipinski definition) is 1. The maximum absolute atomic E-state index is 6.23. The van der Waals surface area contributed by atoms with E-state index in [4.69, 9.17) is 11.6 Å². The van der Waals surface area contributed by atoms with E-state index in [1.165, 1.54) is 11.1 Å². The number of nitrogens with one attached hydrogen (secondary N) is 1. The van der Waals surface area contributed by atoms with Gasteiger partial charge in [0.05, 0.1) is 11.1 Å². The van der Waals surface area contributed by atoms with Crippen LogP contribution >= 0.6 is 54.8 Å². The molecule has 0 amide bonds. The van der Waals surface area contributed by atoms with Crippen LogP contribution in [0.3, 0.4) is 0 Å². The normalized spacial score (nSPS) is 12.7. The van der Waals surface area contributed by atoms with Gasteiger partial charge in [0.25, 0.3) is 0 Å². The Morgan fingerprint density at radius 1 is 1.28 bits per heavy atom. The van der Waals surface area contributed by atoms with Crippen molar-refractivity contribution >= 4 is 54.8 Å². The van der Waals surface area contributed by atoms with Crippen molar-refractivity contribution in [3.05, 3.63) is 53.6 Å². The fourth-order valence-electron chi connectivity index (χ4n) is 1.82. The van der Waals surface area contributed by atoms with Crippen molar-refractivity contribution in [2.45, 2.75) is 13.0 Å². The molecule has 96 valence electrons. The standard InChI is InChI=1S/C13H12Br2ClNS/c1-7-5-10(15)8(6-9(7)14)12(17-2)13-11(16)3-4-18-13/h3-6,12,17H,1-2H3. The SMILES string of the molecule is CNC(c1cc(Br)c(C)cc1Br)c1sccc1Cl. The second kappa shape index (κ2) is 6.06. The van der Waals surface area contributed by atoms with Crippen molar-refractivity contribution in [2.75, 3.05) is 7.05 Å².